The Morgan fingerprint density at radius 2 is 2.05 bits per heavy atom. The minimum Gasteiger partial charge on any atom is -0.462 e. The average Bonchev–Trinajstić information content (AvgIpc) is 2.37. The second-order valence-electron chi connectivity index (χ2n) is 3.89. The molecule has 0 fully saturated rings. The zero-order chi connectivity index (χ0) is 14.4. The van der Waals surface area contributed by atoms with E-state index < -0.39 is 10.9 Å². The van der Waals surface area contributed by atoms with E-state index in [1.165, 1.54) is 0 Å². The first-order chi connectivity index (χ1) is 8.97. The summed E-state index contributed by atoms with van der Waals surface area (Å²) in [5.74, 6) is -0.702. The second kappa shape index (κ2) is 7.31. The summed E-state index contributed by atoms with van der Waals surface area (Å²) in [6, 6.07) is 2.16. The van der Waals surface area contributed by atoms with Gasteiger partial charge in [0.2, 0.25) is 0 Å². The molecule has 0 N–H and O–H groups in total. The van der Waals surface area contributed by atoms with Crippen LogP contribution in [0, 0.1) is 10.1 Å². The van der Waals surface area contributed by atoms with Crippen LogP contribution in [-0.2, 0) is 4.74 Å². The number of unbranched alkanes of at least 4 members (excludes halogenated alkanes) is 2. The summed E-state index contributed by atoms with van der Waals surface area (Å²) in [6.45, 7) is 2.28. The molecule has 7 heteroatoms. The van der Waals surface area contributed by atoms with Crippen molar-refractivity contribution < 1.29 is 14.5 Å². The van der Waals surface area contributed by atoms with E-state index in [-0.39, 0.29) is 27.9 Å². The van der Waals surface area contributed by atoms with Gasteiger partial charge in [0.15, 0.2) is 0 Å². The lowest BCUT2D eigenvalue weighted by atomic mass is 10.2. The van der Waals surface area contributed by atoms with Gasteiger partial charge in [-0.05, 0) is 6.42 Å². The van der Waals surface area contributed by atoms with E-state index in [4.69, 9.17) is 27.9 Å². The van der Waals surface area contributed by atoms with Crippen molar-refractivity contribution in [2.45, 2.75) is 26.2 Å². The van der Waals surface area contributed by atoms with E-state index >= 15 is 0 Å². The fraction of sp³-hybridized carbons (Fsp3) is 0.417. The maximum atomic E-state index is 11.8. The molecule has 0 aliphatic heterocycles. The van der Waals surface area contributed by atoms with E-state index in [1.54, 1.807) is 0 Å². The Morgan fingerprint density at radius 3 is 2.63 bits per heavy atom. The number of nitro benzene ring substituents is 1. The van der Waals surface area contributed by atoms with E-state index in [2.05, 4.69) is 0 Å². The molecule has 1 rings (SSSR count). The smallest absolute Gasteiger partial charge is 0.339 e. The Balaban J connectivity index is 2.86. The summed E-state index contributed by atoms with van der Waals surface area (Å²) in [7, 11) is 0. The van der Waals surface area contributed by atoms with Crippen molar-refractivity contribution in [2.24, 2.45) is 0 Å². The maximum absolute atomic E-state index is 11.8. The predicted molar refractivity (Wildman–Crippen MR) is 72.9 cm³/mol. The number of hydrogen-bond donors (Lipinski definition) is 0. The first kappa shape index (κ1) is 15.7. The van der Waals surface area contributed by atoms with Crippen molar-refractivity contribution in [2.75, 3.05) is 6.61 Å². The number of carbonyl (C=O) groups excluding carboxylic acids is 1. The number of nitro groups is 1. The number of hydrogen-bond acceptors (Lipinski definition) is 4. The molecule has 1 aromatic carbocycles. The van der Waals surface area contributed by atoms with Crippen LogP contribution < -0.4 is 0 Å². The molecule has 0 saturated carbocycles. The van der Waals surface area contributed by atoms with Crippen molar-refractivity contribution >= 4 is 34.9 Å². The number of esters is 1. The third-order valence-corrected chi connectivity index (χ3v) is 3.23. The summed E-state index contributed by atoms with van der Waals surface area (Å²) in [6.07, 6.45) is 2.68. The van der Waals surface area contributed by atoms with Crippen molar-refractivity contribution in [1.29, 1.82) is 0 Å². The van der Waals surface area contributed by atoms with Gasteiger partial charge < -0.3 is 4.74 Å². The highest BCUT2D eigenvalue weighted by Crippen LogP contribution is 2.31. The van der Waals surface area contributed by atoms with Crippen LogP contribution >= 0.6 is 23.2 Å². The Kier molecular flexibility index (Phi) is 6.05. The van der Waals surface area contributed by atoms with Crippen LogP contribution in [0.1, 0.15) is 36.5 Å². The first-order valence-electron chi connectivity index (χ1n) is 5.78. The Bertz CT molecular complexity index is 491. The SMILES string of the molecule is CCCCCOC(=O)c1cc([N+](=O)[O-])cc(Cl)c1Cl. The van der Waals surface area contributed by atoms with Crippen LogP contribution in [0.25, 0.3) is 0 Å². The second-order valence-corrected chi connectivity index (χ2v) is 4.67. The van der Waals surface area contributed by atoms with Crippen molar-refractivity contribution in [3.05, 3.63) is 37.9 Å². The molecule has 1 aromatic rings. The number of carbonyl (C=O) groups is 1. The molecule has 104 valence electrons. The van der Waals surface area contributed by atoms with Crippen LogP contribution in [0.5, 0.6) is 0 Å². The third-order valence-electron chi connectivity index (χ3n) is 2.42. The predicted octanol–water partition coefficient (Wildman–Crippen LogP) is 4.25. The fourth-order valence-corrected chi connectivity index (χ4v) is 1.82. The van der Waals surface area contributed by atoms with Crippen molar-refractivity contribution in [3.8, 4) is 0 Å². The molecule has 0 unspecified atom stereocenters. The fourth-order valence-electron chi connectivity index (χ4n) is 1.42. The summed E-state index contributed by atoms with van der Waals surface area (Å²) >= 11 is 11.6. The number of benzene rings is 1. The lowest BCUT2D eigenvalue weighted by Gasteiger charge is -2.07. The van der Waals surface area contributed by atoms with Crippen LogP contribution in [0.15, 0.2) is 12.1 Å². The summed E-state index contributed by atoms with van der Waals surface area (Å²) in [5.41, 5.74) is -0.382. The molecule has 0 heterocycles. The molecule has 0 spiro atoms. The first-order valence-corrected chi connectivity index (χ1v) is 6.53. The minimum absolute atomic E-state index is 0.0345. The van der Waals surface area contributed by atoms with Gasteiger partial charge in [0.05, 0.1) is 27.1 Å². The van der Waals surface area contributed by atoms with Gasteiger partial charge in [0.1, 0.15) is 0 Å². The summed E-state index contributed by atoms with van der Waals surface area (Å²) < 4.78 is 5.00. The molecule has 0 aliphatic rings. The highest BCUT2D eigenvalue weighted by Gasteiger charge is 2.20. The van der Waals surface area contributed by atoms with E-state index in [9.17, 15) is 14.9 Å². The summed E-state index contributed by atoms with van der Waals surface area (Å²) in [5, 5.41) is 10.6. The monoisotopic (exact) mass is 305 g/mol. The van der Waals surface area contributed by atoms with Crippen molar-refractivity contribution in [3.63, 3.8) is 0 Å². The number of halogens is 2. The van der Waals surface area contributed by atoms with Crippen LogP contribution in [-0.4, -0.2) is 17.5 Å². The van der Waals surface area contributed by atoms with Crippen LogP contribution in [0.3, 0.4) is 0 Å². The van der Waals surface area contributed by atoms with E-state index in [1.807, 2.05) is 6.92 Å². The highest BCUT2D eigenvalue weighted by atomic mass is 35.5. The number of rotatable bonds is 6. The largest absolute Gasteiger partial charge is 0.462 e. The van der Waals surface area contributed by atoms with Gasteiger partial charge in [0.25, 0.3) is 5.69 Å². The van der Waals surface area contributed by atoms with Crippen LogP contribution in [0.4, 0.5) is 5.69 Å². The quantitative estimate of drug-likeness (QED) is 0.341. The molecule has 5 nitrogen and oxygen atoms in total. The van der Waals surface area contributed by atoms with Gasteiger partial charge in [-0.15, -0.1) is 0 Å². The van der Waals surface area contributed by atoms with Gasteiger partial charge in [-0.1, -0.05) is 43.0 Å². The number of non-ortho nitro benzene ring substituents is 1. The zero-order valence-electron chi connectivity index (χ0n) is 10.3. The van der Waals surface area contributed by atoms with Gasteiger partial charge in [0, 0.05) is 12.1 Å². The Hall–Kier alpha value is -1.33. The molecule has 19 heavy (non-hydrogen) atoms. The highest BCUT2D eigenvalue weighted by molar-refractivity contribution is 6.43. The Labute approximate surface area is 120 Å². The molecule has 0 saturated heterocycles. The van der Waals surface area contributed by atoms with Gasteiger partial charge in [-0.3, -0.25) is 10.1 Å². The lowest BCUT2D eigenvalue weighted by Crippen LogP contribution is -2.08. The topological polar surface area (TPSA) is 69.4 Å². The molecule has 0 bridgehead atoms. The average molecular weight is 306 g/mol. The van der Waals surface area contributed by atoms with Gasteiger partial charge in [-0.25, -0.2) is 4.79 Å². The van der Waals surface area contributed by atoms with E-state index in [0.717, 1.165) is 31.4 Å². The molecular weight excluding hydrogens is 293 g/mol. The standard InChI is InChI=1S/C12H13Cl2NO4/c1-2-3-4-5-19-12(16)9-6-8(15(17)18)7-10(13)11(9)14/h6-7H,2-5H2,1H3. The summed E-state index contributed by atoms with van der Waals surface area (Å²) in [4.78, 5) is 21.8. The van der Waals surface area contributed by atoms with Gasteiger partial charge >= 0.3 is 5.97 Å². The molecule has 0 aliphatic carbocycles. The maximum Gasteiger partial charge on any atom is 0.339 e. The molecule has 0 radical (unpaired) electrons. The minimum atomic E-state index is -0.702. The molecular formula is C12H13Cl2NO4. The number of ether oxygens (including phenoxy) is 1. The lowest BCUT2D eigenvalue weighted by molar-refractivity contribution is -0.384. The van der Waals surface area contributed by atoms with E-state index in [0.29, 0.717) is 0 Å². The number of nitrogens with zero attached hydrogens (tertiary/aromatic N) is 1. The van der Waals surface area contributed by atoms with Crippen LogP contribution in [0.2, 0.25) is 10.0 Å². The zero-order valence-corrected chi connectivity index (χ0v) is 11.8. The Morgan fingerprint density at radius 1 is 1.37 bits per heavy atom. The molecule has 0 amide bonds. The molecule has 0 atom stereocenters. The normalized spacial score (nSPS) is 10.3. The van der Waals surface area contributed by atoms with Crippen molar-refractivity contribution in [1.82, 2.24) is 0 Å². The third kappa shape index (κ3) is 4.36. The van der Waals surface area contributed by atoms with Gasteiger partial charge in [-0.2, -0.15) is 0 Å². The molecule has 0 aromatic heterocycles.